The van der Waals surface area contributed by atoms with Crippen molar-refractivity contribution in [2.24, 2.45) is 5.92 Å². The quantitative estimate of drug-likeness (QED) is 0.668. The molecule has 102 valence electrons. The fourth-order valence-corrected chi connectivity index (χ4v) is 2.53. The largest absolute Gasteiger partial charge is 0.399 e. The van der Waals surface area contributed by atoms with Crippen molar-refractivity contribution in [3.05, 3.63) is 29.3 Å². The first-order chi connectivity index (χ1) is 8.95. The Morgan fingerprint density at radius 1 is 1.16 bits per heavy atom. The number of benzene rings is 1. The maximum atomic E-state index is 12.3. The van der Waals surface area contributed by atoms with Gasteiger partial charge in [-0.15, -0.1) is 0 Å². The van der Waals surface area contributed by atoms with Crippen molar-refractivity contribution in [2.75, 3.05) is 5.73 Å². The van der Waals surface area contributed by atoms with Crippen molar-refractivity contribution < 1.29 is 9.59 Å². The lowest BCUT2D eigenvalue weighted by Gasteiger charge is -2.24. The van der Waals surface area contributed by atoms with Crippen molar-refractivity contribution in [1.29, 1.82) is 0 Å². The average molecular weight is 260 g/mol. The van der Waals surface area contributed by atoms with Crippen LogP contribution in [0.15, 0.2) is 18.2 Å². The second-order valence-corrected chi connectivity index (χ2v) is 5.38. The van der Waals surface area contributed by atoms with Crippen molar-refractivity contribution in [1.82, 2.24) is 4.90 Å². The second kappa shape index (κ2) is 5.03. The van der Waals surface area contributed by atoms with Crippen LogP contribution in [0, 0.1) is 5.92 Å². The Morgan fingerprint density at radius 2 is 1.79 bits per heavy atom. The zero-order chi connectivity index (χ0) is 14.2. The molecule has 2 unspecified atom stereocenters. The molecule has 2 amide bonds. The van der Waals surface area contributed by atoms with Crippen LogP contribution in [0.3, 0.4) is 0 Å². The predicted octanol–water partition coefficient (Wildman–Crippen LogP) is 2.69. The van der Waals surface area contributed by atoms with Gasteiger partial charge in [-0.25, -0.2) is 0 Å². The molecular weight excluding hydrogens is 240 g/mol. The summed E-state index contributed by atoms with van der Waals surface area (Å²) in [4.78, 5) is 26.0. The fourth-order valence-electron chi connectivity index (χ4n) is 2.53. The van der Waals surface area contributed by atoms with E-state index in [0.717, 1.165) is 12.8 Å². The van der Waals surface area contributed by atoms with E-state index in [4.69, 9.17) is 5.73 Å². The highest BCUT2D eigenvalue weighted by atomic mass is 16.2. The number of anilines is 1. The number of fused-ring (bicyclic) bond motifs is 1. The second-order valence-electron chi connectivity index (χ2n) is 5.38. The lowest BCUT2D eigenvalue weighted by Crippen LogP contribution is -2.38. The van der Waals surface area contributed by atoms with E-state index in [0.29, 0.717) is 22.7 Å². The molecule has 0 fully saturated rings. The van der Waals surface area contributed by atoms with Crippen molar-refractivity contribution in [2.45, 2.75) is 39.7 Å². The average Bonchev–Trinajstić information content (AvgIpc) is 2.61. The molecule has 1 aliphatic rings. The summed E-state index contributed by atoms with van der Waals surface area (Å²) in [5, 5.41) is 0. The summed E-state index contributed by atoms with van der Waals surface area (Å²) in [6, 6.07) is 4.81. The fraction of sp³-hybridized carbons (Fsp3) is 0.467. The summed E-state index contributed by atoms with van der Waals surface area (Å²) >= 11 is 0. The van der Waals surface area contributed by atoms with Crippen molar-refractivity contribution in [3.63, 3.8) is 0 Å². The first-order valence-corrected chi connectivity index (χ1v) is 6.73. The number of nitrogen functional groups attached to an aromatic ring is 1. The monoisotopic (exact) mass is 260 g/mol. The highest BCUT2D eigenvalue weighted by molar-refractivity contribution is 6.21. The SMILES string of the molecule is CCC(C)CC(C)N1C(=O)c2ccc(N)cc2C1=O. The van der Waals surface area contributed by atoms with E-state index in [9.17, 15) is 9.59 Å². The van der Waals surface area contributed by atoms with E-state index < -0.39 is 0 Å². The first-order valence-electron chi connectivity index (χ1n) is 6.73. The summed E-state index contributed by atoms with van der Waals surface area (Å²) in [6.45, 7) is 6.17. The Hall–Kier alpha value is -1.84. The Bertz CT molecular complexity index is 525. The van der Waals surface area contributed by atoms with E-state index >= 15 is 0 Å². The number of imide groups is 1. The highest BCUT2D eigenvalue weighted by Crippen LogP contribution is 2.28. The Morgan fingerprint density at radius 3 is 2.42 bits per heavy atom. The van der Waals surface area contributed by atoms with Gasteiger partial charge in [0.05, 0.1) is 11.1 Å². The molecule has 1 aliphatic heterocycles. The van der Waals surface area contributed by atoms with Crippen LogP contribution < -0.4 is 5.73 Å². The van der Waals surface area contributed by atoms with Crippen LogP contribution in [0.1, 0.15) is 54.3 Å². The zero-order valence-corrected chi connectivity index (χ0v) is 11.6. The molecule has 0 bridgehead atoms. The van der Waals surface area contributed by atoms with Gasteiger partial charge in [-0.05, 0) is 37.5 Å². The third-order valence-corrected chi connectivity index (χ3v) is 3.82. The van der Waals surface area contributed by atoms with Crippen LogP contribution >= 0.6 is 0 Å². The molecule has 1 aromatic carbocycles. The van der Waals surface area contributed by atoms with Crippen LogP contribution in [0.4, 0.5) is 5.69 Å². The summed E-state index contributed by atoms with van der Waals surface area (Å²) in [5.41, 5.74) is 7.09. The summed E-state index contributed by atoms with van der Waals surface area (Å²) in [5.74, 6) is 0.0725. The molecule has 2 rings (SSSR count). The van der Waals surface area contributed by atoms with Crippen LogP contribution in [-0.2, 0) is 0 Å². The molecule has 0 spiro atoms. The van der Waals surface area contributed by atoms with Gasteiger partial charge in [0, 0.05) is 11.7 Å². The van der Waals surface area contributed by atoms with Gasteiger partial charge in [-0.2, -0.15) is 0 Å². The first kappa shape index (κ1) is 13.6. The van der Waals surface area contributed by atoms with E-state index in [-0.39, 0.29) is 17.9 Å². The number of hydrogen-bond acceptors (Lipinski definition) is 3. The Balaban J connectivity index is 2.27. The number of carbonyl (C=O) groups excluding carboxylic acids is 2. The third-order valence-electron chi connectivity index (χ3n) is 3.82. The molecule has 19 heavy (non-hydrogen) atoms. The minimum Gasteiger partial charge on any atom is -0.399 e. The summed E-state index contributed by atoms with van der Waals surface area (Å²) in [7, 11) is 0. The molecule has 2 N–H and O–H groups in total. The molecule has 4 heteroatoms. The van der Waals surface area contributed by atoms with E-state index in [1.165, 1.54) is 4.90 Å². The topological polar surface area (TPSA) is 63.4 Å². The Kier molecular flexibility index (Phi) is 3.60. The minimum atomic E-state index is -0.219. The lowest BCUT2D eigenvalue weighted by atomic mass is 9.99. The normalized spacial score (nSPS) is 17.5. The molecule has 4 nitrogen and oxygen atoms in total. The molecular formula is C15H20N2O2. The van der Waals surface area contributed by atoms with Gasteiger partial charge in [-0.3, -0.25) is 14.5 Å². The van der Waals surface area contributed by atoms with Crippen LogP contribution in [0.2, 0.25) is 0 Å². The molecule has 0 saturated heterocycles. The standard InChI is InChI=1S/C15H20N2O2/c1-4-9(2)7-10(3)17-14(18)12-6-5-11(16)8-13(12)15(17)19/h5-6,8-10H,4,7,16H2,1-3H3. The van der Waals surface area contributed by atoms with E-state index in [1.807, 2.05) is 6.92 Å². The zero-order valence-electron chi connectivity index (χ0n) is 11.6. The molecule has 0 aliphatic carbocycles. The van der Waals surface area contributed by atoms with E-state index in [2.05, 4.69) is 13.8 Å². The van der Waals surface area contributed by atoms with Crippen LogP contribution in [0.5, 0.6) is 0 Å². The number of rotatable bonds is 4. The number of nitrogens with zero attached hydrogens (tertiary/aromatic N) is 1. The number of nitrogens with two attached hydrogens (primary N) is 1. The van der Waals surface area contributed by atoms with Gasteiger partial charge in [0.1, 0.15) is 0 Å². The number of amides is 2. The molecule has 0 saturated carbocycles. The van der Waals surface area contributed by atoms with Crippen LogP contribution in [0.25, 0.3) is 0 Å². The minimum absolute atomic E-state index is 0.0800. The lowest BCUT2D eigenvalue weighted by molar-refractivity contribution is 0.0578. The molecule has 1 aromatic rings. The number of carbonyl (C=O) groups is 2. The molecule has 2 atom stereocenters. The third kappa shape index (κ3) is 2.35. The maximum Gasteiger partial charge on any atom is 0.261 e. The smallest absolute Gasteiger partial charge is 0.261 e. The number of hydrogen-bond donors (Lipinski definition) is 1. The summed E-state index contributed by atoms with van der Waals surface area (Å²) in [6.07, 6.45) is 1.87. The van der Waals surface area contributed by atoms with Crippen LogP contribution in [-0.4, -0.2) is 22.8 Å². The Labute approximate surface area is 113 Å². The summed E-state index contributed by atoms with van der Waals surface area (Å²) < 4.78 is 0. The van der Waals surface area contributed by atoms with E-state index in [1.54, 1.807) is 18.2 Å². The van der Waals surface area contributed by atoms with Gasteiger partial charge in [0.2, 0.25) is 0 Å². The van der Waals surface area contributed by atoms with Gasteiger partial charge in [0.15, 0.2) is 0 Å². The highest BCUT2D eigenvalue weighted by Gasteiger charge is 2.38. The molecule has 0 radical (unpaired) electrons. The predicted molar refractivity (Wildman–Crippen MR) is 74.9 cm³/mol. The van der Waals surface area contributed by atoms with Gasteiger partial charge in [0.25, 0.3) is 11.8 Å². The van der Waals surface area contributed by atoms with Gasteiger partial charge < -0.3 is 5.73 Å². The van der Waals surface area contributed by atoms with Gasteiger partial charge in [-0.1, -0.05) is 20.3 Å². The molecule has 1 heterocycles. The van der Waals surface area contributed by atoms with Crippen molar-refractivity contribution in [3.8, 4) is 0 Å². The molecule has 0 aromatic heterocycles. The van der Waals surface area contributed by atoms with Gasteiger partial charge >= 0.3 is 0 Å². The van der Waals surface area contributed by atoms with Crippen molar-refractivity contribution >= 4 is 17.5 Å². The maximum absolute atomic E-state index is 12.3.